The van der Waals surface area contributed by atoms with Crippen LogP contribution >= 0.6 is 0 Å². The van der Waals surface area contributed by atoms with Crippen LogP contribution in [0.1, 0.15) is 41.1 Å². The maximum Gasteiger partial charge on any atom is 0.416 e. The first-order valence-corrected chi connectivity index (χ1v) is 10.0. The highest BCUT2D eigenvalue weighted by atomic mass is 19.4. The molecule has 1 saturated carbocycles. The molecule has 4 aromatic rings. The number of para-hydroxylation sites is 1. The summed E-state index contributed by atoms with van der Waals surface area (Å²) < 4.78 is 42.2. The lowest BCUT2D eigenvalue weighted by Crippen LogP contribution is -2.26. The molecule has 0 atom stereocenters. The zero-order valence-corrected chi connectivity index (χ0v) is 16.7. The number of aromatic nitrogens is 4. The Hall–Kier alpha value is -3.42. The topological polar surface area (TPSA) is 52.7 Å². The fraction of sp³-hybridized carbons (Fsp3) is 0.261. The number of nitrogens with zero attached hydrogens (tertiary/aromatic N) is 4. The van der Waals surface area contributed by atoms with Gasteiger partial charge in [-0.25, -0.2) is 9.36 Å². The smallest absolute Gasteiger partial charge is 0.265 e. The summed E-state index contributed by atoms with van der Waals surface area (Å²) >= 11 is 0. The molecule has 0 radical (unpaired) electrons. The summed E-state index contributed by atoms with van der Waals surface area (Å²) in [6, 6.07) is 12.6. The molecule has 158 valence electrons. The number of aryl methyl sites for hydroxylation is 1. The second-order valence-corrected chi connectivity index (χ2v) is 7.93. The van der Waals surface area contributed by atoms with Crippen molar-refractivity contribution in [3.8, 4) is 5.69 Å². The molecule has 1 fully saturated rings. The normalized spacial score (nSPS) is 14.3. The van der Waals surface area contributed by atoms with Gasteiger partial charge in [-0.05, 0) is 49.1 Å². The van der Waals surface area contributed by atoms with Crippen molar-refractivity contribution >= 4 is 10.9 Å². The van der Waals surface area contributed by atoms with E-state index in [1.165, 1.54) is 10.7 Å². The molecule has 5 rings (SSSR count). The van der Waals surface area contributed by atoms with Gasteiger partial charge in [0.2, 0.25) is 0 Å². The van der Waals surface area contributed by atoms with Crippen LogP contribution in [0.4, 0.5) is 13.2 Å². The first kappa shape index (κ1) is 19.5. The Labute approximate surface area is 175 Å². The number of fused-ring (bicyclic) bond motifs is 1. The number of alkyl halides is 3. The van der Waals surface area contributed by atoms with E-state index < -0.39 is 11.7 Å². The molecule has 5 nitrogen and oxygen atoms in total. The van der Waals surface area contributed by atoms with E-state index in [0.29, 0.717) is 16.5 Å². The standard InChI is InChI=1S/C23H19F3N4O/c1-14-5-2-3-8-19(14)30-21-18(12-27-30)20(16-9-10-16)28-29(22(21)31)13-15-6-4-7-17(11-15)23(24,25)26/h2-8,11-12,16H,9-10,13H2,1H3. The van der Waals surface area contributed by atoms with Gasteiger partial charge < -0.3 is 0 Å². The lowest BCUT2D eigenvalue weighted by atomic mass is 10.1. The maximum atomic E-state index is 13.4. The van der Waals surface area contributed by atoms with Crippen molar-refractivity contribution in [1.82, 2.24) is 19.6 Å². The van der Waals surface area contributed by atoms with E-state index in [0.717, 1.165) is 41.9 Å². The molecule has 0 N–H and O–H groups in total. The zero-order chi connectivity index (χ0) is 21.8. The Morgan fingerprint density at radius 2 is 1.87 bits per heavy atom. The molecule has 0 saturated heterocycles. The van der Waals surface area contributed by atoms with Gasteiger partial charge in [0.25, 0.3) is 5.56 Å². The second-order valence-electron chi connectivity index (χ2n) is 7.93. The summed E-state index contributed by atoms with van der Waals surface area (Å²) in [5.74, 6) is 0.241. The Kier molecular flexibility index (Phi) is 4.46. The molecule has 0 aliphatic heterocycles. The van der Waals surface area contributed by atoms with Crippen LogP contribution in [-0.4, -0.2) is 19.6 Å². The molecule has 2 aromatic carbocycles. The minimum atomic E-state index is -4.44. The van der Waals surface area contributed by atoms with Gasteiger partial charge in [-0.15, -0.1) is 0 Å². The monoisotopic (exact) mass is 424 g/mol. The summed E-state index contributed by atoms with van der Waals surface area (Å²) in [7, 11) is 0. The molecule has 8 heteroatoms. The van der Waals surface area contributed by atoms with E-state index in [1.807, 2.05) is 31.2 Å². The van der Waals surface area contributed by atoms with E-state index in [1.54, 1.807) is 16.9 Å². The highest BCUT2D eigenvalue weighted by Gasteiger charge is 2.32. The zero-order valence-electron chi connectivity index (χ0n) is 16.7. The summed E-state index contributed by atoms with van der Waals surface area (Å²) in [5.41, 5.74) is 2.17. The molecule has 2 aromatic heterocycles. The van der Waals surface area contributed by atoms with Crippen molar-refractivity contribution in [3.63, 3.8) is 0 Å². The predicted molar refractivity (Wildman–Crippen MR) is 110 cm³/mol. The van der Waals surface area contributed by atoms with Gasteiger partial charge in [-0.2, -0.15) is 23.4 Å². The van der Waals surface area contributed by atoms with E-state index in [2.05, 4.69) is 10.2 Å². The van der Waals surface area contributed by atoms with Gasteiger partial charge in [-0.3, -0.25) is 4.79 Å². The quantitative estimate of drug-likeness (QED) is 0.471. The van der Waals surface area contributed by atoms with Gasteiger partial charge in [0.1, 0.15) is 5.52 Å². The van der Waals surface area contributed by atoms with Crippen molar-refractivity contribution in [2.45, 2.75) is 38.4 Å². The van der Waals surface area contributed by atoms with E-state index in [4.69, 9.17) is 0 Å². The summed E-state index contributed by atoms with van der Waals surface area (Å²) in [4.78, 5) is 13.4. The van der Waals surface area contributed by atoms with Crippen LogP contribution in [0, 0.1) is 6.92 Å². The summed E-state index contributed by atoms with van der Waals surface area (Å²) in [5, 5.41) is 9.72. The van der Waals surface area contributed by atoms with E-state index in [9.17, 15) is 18.0 Å². The van der Waals surface area contributed by atoms with Crippen molar-refractivity contribution in [2.24, 2.45) is 0 Å². The number of hydrogen-bond donors (Lipinski definition) is 0. The van der Waals surface area contributed by atoms with Crippen molar-refractivity contribution in [3.05, 3.63) is 87.5 Å². The Balaban J connectivity index is 1.68. The molecule has 0 spiro atoms. The van der Waals surface area contributed by atoms with E-state index in [-0.39, 0.29) is 18.0 Å². The average molecular weight is 424 g/mol. The Morgan fingerprint density at radius 3 is 2.58 bits per heavy atom. The van der Waals surface area contributed by atoms with E-state index >= 15 is 0 Å². The van der Waals surface area contributed by atoms with Gasteiger partial charge in [0.05, 0.1) is 29.7 Å². The Bertz CT molecular complexity index is 1350. The van der Waals surface area contributed by atoms with Gasteiger partial charge >= 0.3 is 6.18 Å². The first-order valence-electron chi connectivity index (χ1n) is 10.0. The van der Waals surface area contributed by atoms with Crippen molar-refractivity contribution in [2.75, 3.05) is 0 Å². The molecule has 0 amide bonds. The molecular formula is C23H19F3N4O. The van der Waals surface area contributed by atoms with Crippen molar-refractivity contribution < 1.29 is 13.2 Å². The SMILES string of the molecule is Cc1ccccc1-n1ncc2c(C3CC3)nn(Cc3cccc(C(F)(F)F)c3)c(=O)c21. The minimum Gasteiger partial charge on any atom is -0.265 e. The molecule has 1 aliphatic rings. The van der Waals surface area contributed by atoms with Gasteiger partial charge in [0, 0.05) is 11.3 Å². The fourth-order valence-electron chi connectivity index (χ4n) is 3.86. The van der Waals surface area contributed by atoms with Crippen LogP contribution in [-0.2, 0) is 12.7 Å². The number of rotatable bonds is 4. The molecular weight excluding hydrogens is 405 g/mol. The van der Waals surface area contributed by atoms with Gasteiger partial charge in [-0.1, -0.05) is 30.3 Å². The van der Waals surface area contributed by atoms with Crippen LogP contribution in [0.25, 0.3) is 16.6 Å². The van der Waals surface area contributed by atoms with Crippen LogP contribution in [0.15, 0.2) is 59.5 Å². The number of benzene rings is 2. The van der Waals surface area contributed by atoms with Crippen LogP contribution in [0.3, 0.4) is 0 Å². The predicted octanol–water partition coefficient (Wildman–Crippen LogP) is 4.84. The third-order valence-electron chi connectivity index (χ3n) is 5.60. The summed E-state index contributed by atoms with van der Waals surface area (Å²) in [6.45, 7) is 1.89. The first-order chi connectivity index (χ1) is 14.8. The number of hydrogen-bond acceptors (Lipinski definition) is 3. The lowest BCUT2D eigenvalue weighted by Gasteiger charge is -2.12. The summed E-state index contributed by atoms with van der Waals surface area (Å²) in [6.07, 6.45) is -0.835. The maximum absolute atomic E-state index is 13.4. The molecule has 0 unspecified atom stereocenters. The highest BCUT2D eigenvalue weighted by Crippen LogP contribution is 2.41. The van der Waals surface area contributed by atoms with Crippen LogP contribution in [0.5, 0.6) is 0 Å². The fourth-order valence-corrected chi connectivity index (χ4v) is 3.86. The third kappa shape index (κ3) is 3.52. The molecule has 31 heavy (non-hydrogen) atoms. The average Bonchev–Trinajstić information content (AvgIpc) is 3.48. The van der Waals surface area contributed by atoms with Crippen LogP contribution in [0.2, 0.25) is 0 Å². The third-order valence-corrected chi connectivity index (χ3v) is 5.60. The molecule has 0 bridgehead atoms. The van der Waals surface area contributed by atoms with Crippen LogP contribution < -0.4 is 5.56 Å². The lowest BCUT2D eigenvalue weighted by molar-refractivity contribution is -0.137. The largest absolute Gasteiger partial charge is 0.416 e. The highest BCUT2D eigenvalue weighted by molar-refractivity contribution is 5.82. The Morgan fingerprint density at radius 1 is 1.10 bits per heavy atom. The number of halogens is 3. The second kappa shape index (κ2) is 7.08. The minimum absolute atomic E-state index is 0.0443. The molecule has 1 aliphatic carbocycles. The van der Waals surface area contributed by atoms with Crippen molar-refractivity contribution in [1.29, 1.82) is 0 Å². The molecule has 2 heterocycles. The van der Waals surface area contributed by atoms with Gasteiger partial charge in [0.15, 0.2) is 0 Å².